The van der Waals surface area contributed by atoms with Crippen molar-refractivity contribution in [2.24, 2.45) is 0 Å². The SMILES string of the molecule is CSc1cccc(NC(CO)Cc2ccccc2)c1C#N. The molecule has 0 radical (unpaired) electrons. The Labute approximate surface area is 129 Å². The molecular formula is C17H18N2OS. The van der Waals surface area contributed by atoms with Crippen molar-refractivity contribution in [2.45, 2.75) is 17.4 Å². The lowest BCUT2D eigenvalue weighted by molar-refractivity contribution is 0.273. The van der Waals surface area contributed by atoms with E-state index < -0.39 is 0 Å². The average Bonchev–Trinajstić information content (AvgIpc) is 2.54. The van der Waals surface area contributed by atoms with Crippen LogP contribution in [0, 0.1) is 11.3 Å². The average molecular weight is 298 g/mol. The van der Waals surface area contributed by atoms with Crippen molar-refractivity contribution in [3.05, 3.63) is 59.7 Å². The highest BCUT2D eigenvalue weighted by Crippen LogP contribution is 2.27. The Morgan fingerprint density at radius 3 is 2.57 bits per heavy atom. The molecule has 2 rings (SSSR count). The van der Waals surface area contributed by atoms with E-state index in [0.29, 0.717) is 12.0 Å². The summed E-state index contributed by atoms with van der Waals surface area (Å²) in [6, 6.07) is 17.9. The van der Waals surface area contributed by atoms with E-state index >= 15 is 0 Å². The van der Waals surface area contributed by atoms with Crippen molar-refractivity contribution in [1.82, 2.24) is 0 Å². The zero-order chi connectivity index (χ0) is 15.1. The number of nitriles is 1. The molecule has 0 fully saturated rings. The summed E-state index contributed by atoms with van der Waals surface area (Å²) in [4.78, 5) is 0.943. The van der Waals surface area contributed by atoms with Crippen LogP contribution in [0.4, 0.5) is 5.69 Å². The summed E-state index contributed by atoms with van der Waals surface area (Å²) < 4.78 is 0. The van der Waals surface area contributed by atoms with Crippen LogP contribution in [0.15, 0.2) is 53.4 Å². The van der Waals surface area contributed by atoms with Gasteiger partial charge >= 0.3 is 0 Å². The summed E-state index contributed by atoms with van der Waals surface area (Å²) in [6.07, 6.45) is 2.67. The minimum Gasteiger partial charge on any atom is -0.394 e. The molecule has 0 aromatic heterocycles. The number of hydrogen-bond acceptors (Lipinski definition) is 4. The third-order valence-corrected chi connectivity index (χ3v) is 4.04. The Hall–Kier alpha value is -1.96. The lowest BCUT2D eigenvalue weighted by Crippen LogP contribution is -2.26. The minimum absolute atomic E-state index is 0.0171. The lowest BCUT2D eigenvalue weighted by atomic mass is 10.1. The molecule has 0 heterocycles. The van der Waals surface area contributed by atoms with Crippen LogP contribution in [-0.2, 0) is 6.42 Å². The Kier molecular flexibility index (Phi) is 5.68. The second-order valence-corrected chi connectivity index (χ2v) is 5.56. The fraction of sp³-hybridized carbons (Fsp3) is 0.235. The quantitative estimate of drug-likeness (QED) is 0.804. The molecule has 108 valence electrons. The van der Waals surface area contributed by atoms with E-state index in [9.17, 15) is 10.4 Å². The topological polar surface area (TPSA) is 56.0 Å². The van der Waals surface area contributed by atoms with Gasteiger partial charge in [0.1, 0.15) is 6.07 Å². The largest absolute Gasteiger partial charge is 0.394 e. The number of anilines is 1. The number of aliphatic hydroxyl groups is 1. The molecule has 1 unspecified atom stereocenters. The van der Waals surface area contributed by atoms with Crippen LogP contribution in [0.25, 0.3) is 0 Å². The van der Waals surface area contributed by atoms with Gasteiger partial charge in [-0.25, -0.2) is 0 Å². The third kappa shape index (κ3) is 4.01. The van der Waals surface area contributed by atoms with Gasteiger partial charge in [-0.1, -0.05) is 36.4 Å². The lowest BCUT2D eigenvalue weighted by Gasteiger charge is -2.19. The fourth-order valence-electron chi connectivity index (χ4n) is 2.22. The first-order valence-electron chi connectivity index (χ1n) is 6.77. The molecule has 0 aliphatic rings. The number of nitrogens with zero attached hydrogens (tertiary/aromatic N) is 1. The summed E-state index contributed by atoms with van der Waals surface area (Å²) in [5.74, 6) is 0. The number of nitrogens with one attached hydrogen (secondary N) is 1. The zero-order valence-corrected chi connectivity index (χ0v) is 12.7. The maximum atomic E-state index is 9.59. The molecular weight excluding hydrogens is 280 g/mol. The third-order valence-electron chi connectivity index (χ3n) is 3.26. The predicted molar refractivity (Wildman–Crippen MR) is 87.6 cm³/mol. The number of thioether (sulfide) groups is 1. The fourth-order valence-corrected chi connectivity index (χ4v) is 2.79. The molecule has 4 heteroatoms. The second kappa shape index (κ2) is 7.72. The molecule has 0 aliphatic heterocycles. The molecule has 0 saturated carbocycles. The first-order valence-corrected chi connectivity index (χ1v) is 7.99. The van der Waals surface area contributed by atoms with Gasteiger partial charge in [0.25, 0.3) is 0 Å². The van der Waals surface area contributed by atoms with Gasteiger partial charge in [0.05, 0.1) is 23.9 Å². The highest BCUT2D eigenvalue weighted by molar-refractivity contribution is 7.98. The van der Waals surface area contributed by atoms with Gasteiger partial charge in [-0.2, -0.15) is 5.26 Å². The number of rotatable bonds is 6. The van der Waals surface area contributed by atoms with E-state index in [2.05, 4.69) is 11.4 Å². The molecule has 0 spiro atoms. The predicted octanol–water partition coefficient (Wildman–Crippen LogP) is 3.30. The number of benzene rings is 2. The molecule has 0 amide bonds. The van der Waals surface area contributed by atoms with Gasteiger partial charge in [0.15, 0.2) is 0 Å². The van der Waals surface area contributed by atoms with Gasteiger partial charge in [-0.05, 0) is 30.4 Å². The van der Waals surface area contributed by atoms with Crippen LogP contribution in [-0.4, -0.2) is 24.0 Å². The monoisotopic (exact) mass is 298 g/mol. The highest BCUT2D eigenvalue weighted by Gasteiger charge is 2.13. The Morgan fingerprint density at radius 2 is 1.95 bits per heavy atom. The van der Waals surface area contributed by atoms with Crippen molar-refractivity contribution in [2.75, 3.05) is 18.2 Å². The molecule has 1 atom stereocenters. The molecule has 0 aliphatic carbocycles. The van der Waals surface area contributed by atoms with Crippen LogP contribution < -0.4 is 5.32 Å². The Morgan fingerprint density at radius 1 is 1.19 bits per heavy atom. The summed E-state index contributed by atoms with van der Waals surface area (Å²) in [5, 5.41) is 22.2. The normalized spacial score (nSPS) is 11.7. The van der Waals surface area contributed by atoms with Gasteiger partial charge in [-0.15, -0.1) is 11.8 Å². The van der Waals surface area contributed by atoms with E-state index in [4.69, 9.17) is 0 Å². The standard InChI is InChI=1S/C17H18N2OS/c1-21-17-9-5-8-16(15(17)11-18)19-14(12-20)10-13-6-3-2-4-7-13/h2-9,14,19-20H,10,12H2,1H3. The summed E-state index contributed by atoms with van der Waals surface area (Å²) in [6.45, 7) is 0.0171. The Bertz CT molecular complexity index is 622. The van der Waals surface area contributed by atoms with E-state index in [1.807, 2.05) is 54.8 Å². The highest BCUT2D eigenvalue weighted by atomic mass is 32.2. The van der Waals surface area contributed by atoms with Gasteiger partial charge in [-0.3, -0.25) is 0 Å². The summed E-state index contributed by atoms with van der Waals surface area (Å²) in [5.41, 5.74) is 2.57. The molecule has 0 bridgehead atoms. The van der Waals surface area contributed by atoms with E-state index in [1.165, 1.54) is 0 Å². The van der Waals surface area contributed by atoms with Crippen molar-refractivity contribution < 1.29 is 5.11 Å². The van der Waals surface area contributed by atoms with Crippen molar-refractivity contribution in [1.29, 1.82) is 5.26 Å². The van der Waals surface area contributed by atoms with Crippen LogP contribution in [0.2, 0.25) is 0 Å². The van der Waals surface area contributed by atoms with Crippen LogP contribution in [0.3, 0.4) is 0 Å². The molecule has 0 saturated heterocycles. The number of hydrogen-bond donors (Lipinski definition) is 2. The number of aliphatic hydroxyl groups excluding tert-OH is 1. The van der Waals surface area contributed by atoms with Crippen LogP contribution in [0.5, 0.6) is 0 Å². The smallest absolute Gasteiger partial charge is 0.102 e. The van der Waals surface area contributed by atoms with Crippen LogP contribution in [0.1, 0.15) is 11.1 Å². The maximum Gasteiger partial charge on any atom is 0.102 e. The van der Waals surface area contributed by atoms with Crippen molar-refractivity contribution in [3.8, 4) is 6.07 Å². The van der Waals surface area contributed by atoms with Gasteiger partial charge in [0.2, 0.25) is 0 Å². The van der Waals surface area contributed by atoms with E-state index in [-0.39, 0.29) is 12.6 Å². The molecule has 2 N–H and O–H groups in total. The maximum absolute atomic E-state index is 9.59. The van der Waals surface area contributed by atoms with Crippen molar-refractivity contribution in [3.63, 3.8) is 0 Å². The molecule has 2 aromatic rings. The second-order valence-electron chi connectivity index (χ2n) is 4.71. The summed E-state index contributed by atoms with van der Waals surface area (Å²) >= 11 is 1.55. The van der Waals surface area contributed by atoms with Crippen LogP contribution >= 0.6 is 11.8 Å². The first kappa shape index (κ1) is 15.4. The van der Waals surface area contributed by atoms with E-state index in [0.717, 1.165) is 16.1 Å². The van der Waals surface area contributed by atoms with Gasteiger partial charge < -0.3 is 10.4 Å². The van der Waals surface area contributed by atoms with E-state index in [1.54, 1.807) is 11.8 Å². The van der Waals surface area contributed by atoms with Crippen molar-refractivity contribution >= 4 is 17.4 Å². The minimum atomic E-state index is -0.114. The zero-order valence-electron chi connectivity index (χ0n) is 11.9. The first-order chi connectivity index (χ1) is 10.3. The summed E-state index contributed by atoms with van der Waals surface area (Å²) in [7, 11) is 0. The molecule has 3 nitrogen and oxygen atoms in total. The molecule has 2 aromatic carbocycles. The Balaban J connectivity index is 2.17. The van der Waals surface area contributed by atoms with Gasteiger partial charge in [0, 0.05) is 4.90 Å². The molecule has 21 heavy (non-hydrogen) atoms.